The van der Waals surface area contributed by atoms with Crippen molar-refractivity contribution in [3.8, 4) is 0 Å². The quantitative estimate of drug-likeness (QED) is 0.224. The van der Waals surface area contributed by atoms with Crippen LogP contribution < -0.4 is 0 Å². The molecule has 1 radical (unpaired) electrons. The summed E-state index contributed by atoms with van der Waals surface area (Å²) in [4.78, 5) is 28.5. The Morgan fingerprint density at radius 3 is 1.24 bits per heavy atom. The molecule has 0 aliphatic heterocycles. The van der Waals surface area contributed by atoms with Crippen LogP contribution in [0.1, 0.15) is 34.6 Å². The topological polar surface area (TPSA) is 112 Å². The van der Waals surface area contributed by atoms with E-state index in [9.17, 15) is 9.59 Å². The Labute approximate surface area is 139 Å². The first kappa shape index (κ1) is 31.9. The number of carbonyl (C=O) groups excluding carboxylic acids is 3. The van der Waals surface area contributed by atoms with Crippen molar-refractivity contribution in [2.24, 2.45) is 5.92 Å². The van der Waals surface area contributed by atoms with E-state index in [2.05, 4.69) is 6.79 Å². The molecule has 0 aromatic carbocycles. The van der Waals surface area contributed by atoms with Crippen molar-refractivity contribution in [1.29, 1.82) is 0 Å². The summed E-state index contributed by atoms with van der Waals surface area (Å²) < 4.78 is 0. The second kappa shape index (κ2) is 23.7. The van der Waals surface area contributed by atoms with E-state index in [4.69, 9.17) is 20.1 Å². The third-order valence-electron chi connectivity index (χ3n) is 1.33. The van der Waals surface area contributed by atoms with Crippen molar-refractivity contribution in [3.05, 3.63) is 23.7 Å². The number of rotatable bonds is 3. The van der Waals surface area contributed by atoms with Gasteiger partial charge in [-0.1, -0.05) is 13.8 Å². The van der Waals surface area contributed by atoms with E-state index < -0.39 is 0 Å². The van der Waals surface area contributed by atoms with Crippen molar-refractivity contribution < 1.29 is 49.2 Å². The molecule has 0 bridgehead atoms. The molecular weight excluding hydrogens is 365 g/mol. The molecule has 0 amide bonds. The van der Waals surface area contributed by atoms with Gasteiger partial charge in [0, 0.05) is 25.2 Å². The summed E-state index contributed by atoms with van der Waals surface area (Å²) in [5.74, 6) is -0.0386. The second-order valence-electron chi connectivity index (χ2n) is 3.74. The fourth-order valence-electron chi connectivity index (χ4n) is 0.667. The predicted octanol–water partition coefficient (Wildman–Crippen LogP) is 2.04. The van der Waals surface area contributed by atoms with Gasteiger partial charge in [0.2, 0.25) is 0 Å². The van der Waals surface area contributed by atoms with Gasteiger partial charge in [0.25, 0.3) is 0 Å². The third kappa shape index (κ3) is 45.6. The van der Waals surface area contributed by atoms with Gasteiger partial charge in [-0.3, -0.25) is 16.4 Å². The molecule has 0 spiro atoms. The Hall–Kier alpha value is -1.33. The van der Waals surface area contributed by atoms with Crippen LogP contribution in [0.3, 0.4) is 0 Å². The SMILES string of the molecule is CC(=O)C=C(C)O.CC(O)=CC(=O)C(C)C.CO.[CH-]=O.[Ru+]. The molecule has 0 saturated heterocycles. The number of hydrogen-bond donors (Lipinski definition) is 3. The van der Waals surface area contributed by atoms with Gasteiger partial charge in [-0.05, 0) is 20.8 Å². The largest absolute Gasteiger partial charge is 1.00 e. The van der Waals surface area contributed by atoms with Gasteiger partial charge >= 0.3 is 19.5 Å². The van der Waals surface area contributed by atoms with E-state index in [0.717, 1.165) is 7.11 Å². The van der Waals surface area contributed by atoms with Crippen LogP contribution in [0.25, 0.3) is 0 Å². The molecule has 0 saturated carbocycles. The summed E-state index contributed by atoms with van der Waals surface area (Å²) in [5.41, 5.74) is 0. The number of aliphatic hydroxyl groups excluding tert-OH is 3. The van der Waals surface area contributed by atoms with Gasteiger partial charge in [0.15, 0.2) is 11.6 Å². The Bertz CT molecular complexity index is 313. The molecule has 0 rings (SSSR count). The molecule has 0 aromatic heterocycles. The van der Waals surface area contributed by atoms with Gasteiger partial charge in [-0.25, -0.2) is 0 Å². The van der Waals surface area contributed by atoms with Crippen LogP contribution in [0.15, 0.2) is 23.7 Å². The van der Waals surface area contributed by atoms with Crippen LogP contribution in [-0.4, -0.2) is 40.8 Å². The molecule has 0 atom stereocenters. The molecular formula is C14H25O6Ru. The van der Waals surface area contributed by atoms with Crippen LogP contribution in [0.4, 0.5) is 0 Å². The van der Waals surface area contributed by atoms with Crippen LogP contribution in [-0.2, 0) is 33.9 Å². The smallest absolute Gasteiger partial charge is 0.545 e. The number of carbonyl (C=O) groups is 2. The molecule has 3 N–H and O–H groups in total. The van der Waals surface area contributed by atoms with Gasteiger partial charge in [-0.15, -0.1) is 0 Å². The average molecular weight is 390 g/mol. The fraction of sp³-hybridized carbons (Fsp3) is 0.500. The minimum Gasteiger partial charge on any atom is -0.545 e. The van der Waals surface area contributed by atoms with E-state index in [-0.39, 0.29) is 48.5 Å². The van der Waals surface area contributed by atoms with E-state index in [0.29, 0.717) is 0 Å². The summed E-state index contributed by atoms with van der Waals surface area (Å²) >= 11 is 0. The predicted molar refractivity (Wildman–Crippen MR) is 78.2 cm³/mol. The van der Waals surface area contributed by atoms with E-state index in [1.54, 1.807) is 13.8 Å². The van der Waals surface area contributed by atoms with E-state index in [1.165, 1.54) is 32.9 Å². The normalized spacial score (nSPS) is 9.52. The first-order valence-corrected chi connectivity index (χ1v) is 5.64. The summed E-state index contributed by atoms with van der Waals surface area (Å²) in [6.45, 7) is 11.2. The summed E-state index contributed by atoms with van der Waals surface area (Å²) in [5, 5.41) is 24.0. The molecule has 125 valence electrons. The summed E-state index contributed by atoms with van der Waals surface area (Å²) in [6, 6.07) is 0. The maximum atomic E-state index is 10.7. The minimum atomic E-state index is -0.125. The third-order valence-corrected chi connectivity index (χ3v) is 1.33. The monoisotopic (exact) mass is 391 g/mol. The van der Waals surface area contributed by atoms with Crippen molar-refractivity contribution in [3.63, 3.8) is 0 Å². The van der Waals surface area contributed by atoms with Crippen molar-refractivity contribution in [2.75, 3.05) is 7.11 Å². The second-order valence-corrected chi connectivity index (χ2v) is 3.74. The molecule has 0 aliphatic carbocycles. The molecule has 21 heavy (non-hydrogen) atoms. The standard InChI is InChI=1S/C7H12O2.C5H8O2.CH4O.CHO.Ru/c1-5(2)7(9)4-6(3)8;1-4(6)3-5(2)7;2*1-2;/h4-5,8H,1-3H3;3,6H,1-2H3;2H,1H3;1H;/q;;;-1;+1. The first-order chi connectivity index (χ1) is 9.16. The maximum Gasteiger partial charge on any atom is 1.00 e. The Morgan fingerprint density at radius 2 is 1.19 bits per heavy atom. The number of allylic oxidation sites excluding steroid dienone is 4. The molecule has 0 fully saturated rings. The maximum absolute atomic E-state index is 10.7. The van der Waals surface area contributed by atoms with Gasteiger partial charge in [-0.2, -0.15) is 0 Å². The van der Waals surface area contributed by atoms with Crippen molar-refractivity contribution >= 4 is 18.4 Å². The Morgan fingerprint density at radius 1 is 0.905 bits per heavy atom. The number of ketones is 2. The molecule has 7 heteroatoms. The molecule has 6 nitrogen and oxygen atoms in total. The zero-order valence-corrected chi connectivity index (χ0v) is 15.0. The number of aliphatic hydroxyl groups is 3. The first-order valence-electron chi connectivity index (χ1n) is 5.64. The molecule has 0 aromatic rings. The molecule has 0 heterocycles. The Kier molecular flexibility index (Phi) is 36.0. The van der Waals surface area contributed by atoms with Crippen molar-refractivity contribution in [2.45, 2.75) is 34.6 Å². The van der Waals surface area contributed by atoms with Crippen molar-refractivity contribution in [1.82, 2.24) is 0 Å². The summed E-state index contributed by atoms with van der Waals surface area (Å²) in [6.07, 6.45) is 2.41. The van der Waals surface area contributed by atoms with Crippen LogP contribution in [0.5, 0.6) is 0 Å². The van der Waals surface area contributed by atoms with Gasteiger partial charge < -0.3 is 20.1 Å². The zero-order chi connectivity index (χ0) is 17.3. The van der Waals surface area contributed by atoms with Gasteiger partial charge in [0.05, 0.1) is 11.5 Å². The molecule has 0 aliphatic rings. The summed E-state index contributed by atoms with van der Waals surface area (Å²) in [7, 11) is 1.00. The minimum absolute atomic E-state index is 0. The molecule has 0 unspecified atom stereocenters. The van der Waals surface area contributed by atoms with Crippen LogP contribution >= 0.6 is 0 Å². The van der Waals surface area contributed by atoms with Crippen LogP contribution in [0, 0.1) is 5.92 Å². The Balaban J connectivity index is -0.0000000640. The van der Waals surface area contributed by atoms with Crippen LogP contribution in [0.2, 0.25) is 0 Å². The zero-order valence-electron chi connectivity index (χ0n) is 13.2. The van der Waals surface area contributed by atoms with E-state index >= 15 is 0 Å². The fourth-order valence-corrected chi connectivity index (χ4v) is 0.667. The van der Waals surface area contributed by atoms with E-state index in [1.807, 2.05) is 0 Å². The van der Waals surface area contributed by atoms with Gasteiger partial charge in [0.1, 0.15) is 0 Å². The number of hydrogen-bond acceptors (Lipinski definition) is 6. The average Bonchev–Trinajstić information content (AvgIpc) is 2.32.